The van der Waals surface area contributed by atoms with Gasteiger partial charge in [-0.25, -0.2) is 8.78 Å². The Balaban J connectivity index is 1.55. The molecule has 4 rings (SSSR count). The van der Waals surface area contributed by atoms with Gasteiger partial charge in [0.25, 0.3) is 5.91 Å². The van der Waals surface area contributed by atoms with Crippen LogP contribution in [-0.2, 0) is 4.74 Å². The van der Waals surface area contributed by atoms with Crippen molar-refractivity contribution >= 4 is 11.9 Å². The van der Waals surface area contributed by atoms with Gasteiger partial charge in [0.1, 0.15) is 6.10 Å². The van der Waals surface area contributed by atoms with Gasteiger partial charge in [0, 0.05) is 12.1 Å². The summed E-state index contributed by atoms with van der Waals surface area (Å²) in [6.45, 7) is 0.895. The summed E-state index contributed by atoms with van der Waals surface area (Å²) >= 11 is 0. The number of carbonyl (C=O) groups excluding carboxylic acids is 1. The molecule has 3 aromatic rings. The van der Waals surface area contributed by atoms with Crippen LogP contribution in [0.2, 0.25) is 0 Å². The zero-order valence-electron chi connectivity index (χ0n) is 14.6. The SMILES string of the molecule is Nc1nnnn1-c1cccc(C(=O)N2CCOC(c3ccc(F)c(F)c3)C2)c1. The van der Waals surface area contributed by atoms with E-state index in [0.29, 0.717) is 23.4 Å². The molecule has 1 saturated heterocycles. The monoisotopic (exact) mass is 386 g/mol. The van der Waals surface area contributed by atoms with Gasteiger partial charge in [-0.15, -0.1) is 0 Å². The van der Waals surface area contributed by atoms with Crippen LogP contribution in [0.1, 0.15) is 22.0 Å². The Kier molecular flexibility index (Phi) is 4.70. The summed E-state index contributed by atoms with van der Waals surface area (Å²) in [7, 11) is 0. The van der Waals surface area contributed by atoms with Gasteiger partial charge in [0.2, 0.25) is 5.95 Å². The van der Waals surface area contributed by atoms with E-state index in [1.165, 1.54) is 10.7 Å². The van der Waals surface area contributed by atoms with Gasteiger partial charge in [0.15, 0.2) is 11.6 Å². The summed E-state index contributed by atoms with van der Waals surface area (Å²) in [5, 5.41) is 10.9. The highest BCUT2D eigenvalue weighted by molar-refractivity contribution is 5.94. The third-order valence-electron chi connectivity index (χ3n) is 4.50. The first-order valence-corrected chi connectivity index (χ1v) is 8.53. The fraction of sp³-hybridized carbons (Fsp3) is 0.222. The maximum Gasteiger partial charge on any atom is 0.254 e. The average Bonchev–Trinajstić information content (AvgIpc) is 3.15. The molecule has 2 heterocycles. The van der Waals surface area contributed by atoms with Crippen LogP contribution in [0.4, 0.5) is 14.7 Å². The molecule has 144 valence electrons. The highest BCUT2D eigenvalue weighted by Gasteiger charge is 2.27. The van der Waals surface area contributed by atoms with Gasteiger partial charge < -0.3 is 15.4 Å². The Hall–Kier alpha value is -3.40. The number of halogens is 2. The second-order valence-electron chi connectivity index (χ2n) is 6.28. The molecule has 1 amide bonds. The number of hydrogen-bond donors (Lipinski definition) is 1. The molecular formula is C18H16F2N6O2. The van der Waals surface area contributed by atoms with Crippen molar-refractivity contribution in [1.29, 1.82) is 0 Å². The number of rotatable bonds is 3. The van der Waals surface area contributed by atoms with Crippen molar-refractivity contribution in [1.82, 2.24) is 25.1 Å². The van der Waals surface area contributed by atoms with E-state index >= 15 is 0 Å². The van der Waals surface area contributed by atoms with Gasteiger partial charge in [-0.1, -0.05) is 17.2 Å². The summed E-state index contributed by atoms with van der Waals surface area (Å²) in [6, 6.07) is 10.3. The fourth-order valence-electron chi connectivity index (χ4n) is 3.08. The Morgan fingerprint density at radius 2 is 2.04 bits per heavy atom. The van der Waals surface area contributed by atoms with Crippen LogP contribution < -0.4 is 5.73 Å². The van der Waals surface area contributed by atoms with Crippen molar-refractivity contribution < 1.29 is 18.3 Å². The lowest BCUT2D eigenvalue weighted by atomic mass is 10.1. The number of carbonyl (C=O) groups is 1. The fourth-order valence-corrected chi connectivity index (χ4v) is 3.08. The summed E-state index contributed by atoms with van der Waals surface area (Å²) < 4.78 is 33.7. The highest BCUT2D eigenvalue weighted by atomic mass is 19.2. The molecule has 0 spiro atoms. The minimum Gasteiger partial charge on any atom is -0.370 e. The Bertz CT molecular complexity index is 1020. The summed E-state index contributed by atoms with van der Waals surface area (Å²) in [5.74, 6) is -1.98. The molecule has 1 fully saturated rings. The van der Waals surface area contributed by atoms with Crippen molar-refractivity contribution in [2.24, 2.45) is 0 Å². The van der Waals surface area contributed by atoms with Crippen molar-refractivity contribution in [3.8, 4) is 5.69 Å². The molecule has 1 aromatic heterocycles. The first kappa shape index (κ1) is 18.0. The number of hydrogen-bond acceptors (Lipinski definition) is 6. The first-order chi connectivity index (χ1) is 13.5. The molecule has 10 heteroatoms. The minimum absolute atomic E-state index is 0.106. The van der Waals surface area contributed by atoms with Gasteiger partial charge in [-0.05, 0) is 46.3 Å². The predicted octanol–water partition coefficient (Wildman–Crippen LogP) is 1.74. The Morgan fingerprint density at radius 1 is 1.18 bits per heavy atom. The molecule has 1 aliphatic rings. The normalized spacial score (nSPS) is 16.9. The number of nitrogens with zero attached hydrogens (tertiary/aromatic N) is 5. The number of amides is 1. The van der Waals surface area contributed by atoms with Gasteiger partial charge >= 0.3 is 0 Å². The molecule has 1 aliphatic heterocycles. The number of aromatic nitrogens is 4. The second-order valence-corrected chi connectivity index (χ2v) is 6.28. The van der Waals surface area contributed by atoms with Crippen molar-refractivity contribution in [3.63, 3.8) is 0 Å². The number of anilines is 1. The van der Waals surface area contributed by atoms with E-state index < -0.39 is 17.7 Å². The van der Waals surface area contributed by atoms with Crippen LogP contribution in [0.25, 0.3) is 5.69 Å². The standard InChI is InChI=1S/C18H16F2N6O2/c19-14-5-4-11(9-15(14)20)16-10-25(6-7-28-16)17(27)12-2-1-3-13(8-12)26-18(21)22-23-24-26/h1-5,8-9,16H,6-7,10H2,(H2,21,22,24). The first-order valence-electron chi connectivity index (χ1n) is 8.53. The largest absolute Gasteiger partial charge is 0.370 e. The van der Waals surface area contributed by atoms with E-state index in [0.717, 1.165) is 12.1 Å². The average molecular weight is 386 g/mol. The van der Waals surface area contributed by atoms with Crippen LogP contribution in [-0.4, -0.2) is 50.7 Å². The molecule has 0 aliphatic carbocycles. The van der Waals surface area contributed by atoms with Crippen LogP contribution in [0, 0.1) is 11.6 Å². The molecule has 0 radical (unpaired) electrons. The third-order valence-corrected chi connectivity index (χ3v) is 4.50. The molecular weight excluding hydrogens is 370 g/mol. The quantitative estimate of drug-likeness (QED) is 0.736. The van der Waals surface area contributed by atoms with Gasteiger partial charge in [-0.3, -0.25) is 4.79 Å². The summed E-state index contributed by atoms with van der Waals surface area (Å²) in [4.78, 5) is 14.6. The lowest BCUT2D eigenvalue weighted by Gasteiger charge is -2.33. The molecule has 0 bridgehead atoms. The maximum atomic E-state index is 13.5. The summed E-state index contributed by atoms with van der Waals surface area (Å²) in [5.41, 5.74) is 7.17. The number of benzene rings is 2. The van der Waals surface area contributed by atoms with Crippen molar-refractivity contribution in [2.45, 2.75) is 6.10 Å². The molecule has 2 aromatic carbocycles. The van der Waals surface area contributed by atoms with Gasteiger partial charge in [-0.2, -0.15) is 4.68 Å². The van der Waals surface area contributed by atoms with Gasteiger partial charge in [0.05, 0.1) is 18.8 Å². The number of nitrogen functional groups attached to an aromatic ring is 1. The van der Waals surface area contributed by atoms with E-state index in [9.17, 15) is 13.6 Å². The van der Waals surface area contributed by atoms with Crippen LogP contribution >= 0.6 is 0 Å². The van der Waals surface area contributed by atoms with E-state index in [2.05, 4.69) is 15.5 Å². The smallest absolute Gasteiger partial charge is 0.254 e. The van der Waals surface area contributed by atoms with Crippen LogP contribution in [0.15, 0.2) is 42.5 Å². The van der Waals surface area contributed by atoms with E-state index in [1.54, 1.807) is 29.2 Å². The third kappa shape index (κ3) is 3.41. The lowest BCUT2D eigenvalue weighted by Crippen LogP contribution is -2.42. The van der Waals surface area contributed by atoms with E-state index in [4.69, 9.17) is 10.5 Å². The Labute approximate surface area is 158 Å². The molecule has 28 heavy (non-hydrogen) atoms. The van der Waals surface area contributed by atoms with E-state index in [1.807, 2.05) is 0 Å². The minimum atomic E-state index is -0.948. The predicted molar refractivity (Wildman–Crippen MR) is 94.5 cm³/mol. The Morgan fingerprint density at radius 3 is 2.79 bits per heavy atom. The maximum absolute atomic E-state index is 13.5. The second kappa shape index (κ2) is 7.31. The van der Waals surface area contributed by atoms with E-state index in [-0.39, 0.29) is 25.0 Å². The topological polar surface area (TPSA) is 99.2 Å². The molecule has 1 atom stereocenters. The lowest BCUT2D eigenvalue weighted by molar-refractivity contribution is -0.0229. The van der Waals surface area contributed by atoms with Crippen molar-refractivity contribution in [2.75, 3.05) is 25.4 Å². The number of tetrazole rings is 1. The molecule has 1 unspecified atom stereocenters. The zero-order valence-corrected chi connectivity index (χ0v) is 14.6. The highest BCUT2D eigenvalue weighted by Crippen LogP contribution is 2.25. The van der Waals surface area contributed by atoms with Crippen LogP contribution in [0.5, 0.6) is 0 Å². The zero-order chi connectivity index (χ0) is 19.7. The van der Waals surface area contributed by atoms with Crippen LogP contribution in [0.3, 0.4) is 0 Å². The number of morpholine rings is 1. The number of nitrogens with two attached hydrogens (primary N) is 1. The molecule has 8 nitrogen and oxygen atoms in total. The molecule has 0 saturated carbocycles. The summed E-state index contributed by atoms with van der Waals surface area (Å²) in [6.07, 6.45) is -0.536. The molecule has 2 N–H and O–H groups in total. The number of ether oxygens (including phenoxy) is 1. The van der Waals surface area contributed by atoms with Crippen molar-refractivity contribution in [3.05, 3.63) is 65.2 Å².